The molecule has 0 amide bonds. The second-order valence-electron chi connectivity index (χ2n) is 2.26. The number of aliphatic hydroxyl groups excluding tert-OH is 1. The predicted molar refractivity (Wildman–Crippen MR) is 47.2 cm³/mol. The Bertz CT molecular complexity index is 223. The molecule has 1 rings (SSSR count). The summed E-state index contributed by atoms with van der Waals surface area (Å²) in [5.41, 5.74) is 1.08. The molecule has 0 bridgehead atoms. The van der Waals surface area contributed by atoms with Crippen molar-refractivity contribution in [3.8, 4) is 0 Å². The molecule has 2 heteroatoms. The van der Waals surface area contributed by atoms with E-state index in [2.05, 4.69) is 28.1 Å². The predicted octanol–water partition coefficient (Wildman–Crippen LogP) is 1.97. The number of halogens is 1. The molecule has 0 saturated heterocycles. The van der Waals surface area contributed by atoms with Gasteiger partial charge in [0.15, 0.2) is 0 Å². The van der Waals surface area contributed by atoms with Crippen molar-refractivity contribution in [3.05, 3.63) is 34.3 Å². The molecular formula is C9H9BrO. The van der Waals surface area contributed by atoms with Crippen LogP contribution >= 0.6 is 15.9 Å². The van der Waals surface area contributed by atoms with E-state index in [1.54, 1.807) is 0 Å². The zero-order valence-electron chi connectivity index (χ0n) is 6.10. The van der Waals surface area contributed by atoms with Crippen LogP contribution in [-0.4, -0.2) is 11.7 Å². The van der Waals surface area contributed by atoms with Crippen LogP contribution < -0.4 is 0 Å². The van der Waals surface area contributed by atoms with E-state index in [4.69, 9.17) is 5.11 Å². The maximum atomic E-state index is 8.58. The van der Waals surface area contributed by atoms with Crippen LogP contribution in [0, 0.1) is 12.1 Å². The first kappa shape index (κ1) is 8.58. The molecule has 0 aliphatic heterocycles. The molecule has 1 nitrogen and oxygen atoms in total. The molecule has 0 aliphatic carbocycles. The average Bonchev–Trinajstić information content (AvgIpc) is 2.03. The summed E-state index contributed by atoms with van der Waals surface area (Å²) in [5.74, 6) is 0. The van der Waals surface area contributed by atoms with E-state index in [-0.39, 0.29) is 6.61 Å². The Morgan fingerprint density at radius 3 is 3.00 bits per heavy atom. The van der Waals surface area contributed by atoms with E-state index in [1.165, 1.54) is 0 Å². The number of hydrogen-bond acceptors (Lipinski definition) is 1. The van der Waals surface area contributed by atoms with Crippen LogP contribution in [0.4, 0.5) is 0 Å². The van der Waals surface area contributed by atoms with Gasteiger partial charge in [0.1, 0.15) is 0 Å². The Hall–Kier alpha value is -0.520. The standard InChI is InChI=1S/C9H9BrO/c10-9-6-2-1-4-8(9)5-3-7-11/h2,6,11H,3,5,7H2. The topological polar surface area (TPSA) is 20.2 Å². The van der Waals surface area contributed by atoms with Crippen molar-refractivity contribution in [3.63, 3.8) is 0 Å². The summed E-state index contributed by atoms with van der Waals surface area (Å²) in [6.07, 6.45) is 1.64. The fourth-order valence-corrected chi connectivity index (χ4v) is 1.27. The second-order valence-corrected chi connectivity index (χ2v) is 3.11. The van der Waals surface area contributed by atoms with E-state index in [0.717, 1.165) is 22.9 Å². The van der Waals surface area contributed by atoms with Gasteiger partial charge in [0.25, 0.3) is 0 Å². The molecular weight excluding hydrogens is 204 g/mol. The highest BCUT2D eigenvalue weighted by Gasteiger charge is 1.95. The average molecular weight is 213 g/mol. The van der Waals surface area contributed by atoms with Gasteiger partial charge in [-0.15, -0.1) is 0 Å². The molecule has 0 atom stereocenters. The number of aliphatic hydroxyl groups is 1. The van der Waals surface area contributed by atoms with Crippen molar-refractivity contribution in [2.45, 2.75) is 12.8 Å². The van der Waals surface area contributed by atoms with Gasteiger partial charge < -0.3 is 5.11 Å². The molecule has 0 aliphatic rings. The van der Waals surface area contributed by atoms with Crippen LogP contribution in [-0.2, 0) is 6.42 Å². The summed E-state index contributed by atoms with van der Waals surface area (Å²) < 4.78 is 1.05. The maximum Gasteiger partial charge on any atom is 0.0434 e. The third kappa shape index (κ3) is 2.53. The lowest BCUT2D eigenvalue weighted by molar-refractivity contribution is 0.288. The van der Waals surface area contributed by atoms with Gasteiger partial charge >= 0.3 is 0 Å². The Balaban J connectivity index is 2.62. The molecule has 1 aromatic carbocycles. The van der Waals surface area contributed by atoms with Gasteiger partial charge in [-0.3, -0.25) is 0 Å². The molecule has 0 heterocycles. The maximum absolute atomic E-state index is 8.58. The zero-order valence-corrected chi connectivity index (χ0v) is 7.69. The molecule has 1 N–H and O–H groups in total. The minimum absolute atomic E-state index is 0.231. The summed E-state index contributed by atoms with van der Waals surface area (Å²) in [6, 6.07) is 9.61. The smallest absolute Gasteiger partial charge is 0.0434 e. The molecule has 1 aromatic rings. The Labute approximate surface area is 75.2 Å². The highest BCUT2D eigenvalue weighted by atomic mass is 79.9. The molecule has 0 saturated carbocycles. The van der Waals surface area contributed by atoms with Gasteiger partial charge in [0.2, 0.25) is 0 Å². The number of rotatable bonds is 3. The fourth-order valence-electron chi connectivity index (χ4n) is 0.842. The van der Waals surface area contributed by atoms with Gasteiger partial charge in [0.05, 0.1) is 0 Å². The van der Waals surface area contributed by atoms with Gasteiger partial charge in [-0.05, 0) is 40.9 Å². The molecule has 0 unspecified atom stereocenters. The molecule has 58 valence electrons. The van der Waals surface area contributed by atoms with E-state index in [1.807, 2.05) is 12.1 Å². The Kier molecular flexibility index (Phi) is 3.41. The largest absolute Gasteiger partial charge is 0.396 e. The Morgan fingerprint density at radius 2 is 2.36 bits per heavy atom. The van der Waals surface area contributed by atoms with Crippen LogP contribution in [0.3, 0.4) is 0 Å². The van der Waals surface area contributed by atoms with Crippen LogP contribution in [0.25, 0.3) is 0 Å². The van der Waals surface area contributed by atoms with Crippen molar-refractivity contribution in [1.82, 2.24) is 0 Å². The van der Waals surface area contributed by atoms with Crippen LogP contribution in [0.15, 0.2) is 16.6 Å². The summed E-state index contributed by atoms with van der Waals surface area (Å²) >= 11 is 3.39. The lowest BCUT2D eigenvalue weighted by atomic mass is 10.1. The highest BCUT2D eigenvalue weighted by Crippen LogP contribution is 2.14. The third-order valence-corrected chi connectivity index (χ3v) is 2.15. The second kappa shape index (κ2) is 4.38. The number of hydrogen-bond donors (Lipinski definition) is 1. The minimum Gasteiger partial charge on any atom is -0.396 e. The van der Waals surface area contributed by atoms with E-state index in [9.17, 15) is 0 Å². The van der Waals surface area contributed by atoms with Gasteiger partial charge in [-0.25, -0.2) is 0 Å². The SMILES string of the molecule is OCCCc1c#cccc1Br. The van der Waals surface area contributed by atoms with Gasteiger partial charge in [0, 0.05) is 16.6 Å². The molecule has 0 aromatic heterocycles. The molecule has 0 spiro atoms. The van der Waals surface area contributed by atoms with E-state index < -0.39 is 0 Å². The van der Waals surface area contributed by atoms with Crippen molar-refractivity contribution >= 4 is 15.9 Å². The molecule has 11 heavy (non-hydrogen) atoms. The zero-order chi connectivity index (χ0) is 8.10. The normalized spacial score (nSPS) is 9.27. The van der Waals surface area contributed by atoms with Crippen molar-refractivity contribution < 1.29 is 5.11 Å². The highest BCUT2D eigenvalue weighted by molar-refractivity contribution is 9.10. The summed E-state index contributed by atoms with van der Waals surface area (Å²) in [7, 11) is 0. The van der Waals surface area contributed by atoms with Gasteiger partial charge in [-0.1, -0.05) is 12.1 Å². The van der Waals surface area contributed by atoms with Crippen molar-refractivity contribution in [1.29, 1.82) is 0 Å². The quantitative estimate of drug-likeness (QED) is 0.813. The van der Waals surface area contributed by atoms with Gasteiger partial charge in [-0.2, -0.15) is 0 Å². The summed E-state index contributed by atoms with van der Waals surface area (Å²) in [4.78, 5) is 0. The lowest BCUT2D eigenvalue weighted by Crippen LogP contribution is -1.88. The fraction of sp³-hybridized carbons (Fsp3) is 0.333. The lowest BCUT2D eigenvalue weighted by Gasteiger charge is -1.97. The van der Waals surface area contributed by atoms with Crippen molar-refractivity contribution in [2.24, 2.45) is 0 Å². The first-order valence-corrected chi connectivity index (χ1v) is 4.31. The third-order valence-electron chi connectivity index (χ3n) is 1.41. The van der Waals surface area contributed by atoms with Crippen LogP contribution in [0.1, 0.15) is 12.0 Å². The summed E-state index contributed by atoms with van der Waals surface area (Å²) in [6.45, 7) is 0.231. The monoisotopic (exact) mass is 212 g/mol. The minimum atomic E-state index is 0.231. The first-order valence-electron chi connectivity index (χ1n) is 3.52. The summed E-state index contributed by atoms with van der Waals surface area (Å²) in [5, 5.41) is 8.58. The van der Waals surface area contributed by atoms with E-state index >= 15 is 0 Å². The van der Waals surface area contributed by atoms with Crippen LogP contribution in [0.5, 0.6) is 0 Å². The van der Waals surface area contributed by atoms with E-state index in [0.29, 0.717) is 0 Å². The van der Waals surface area contributed by atoms with Crippen molar-refractivity contribution in [2.75, 3.05) is 6.61 Å². The Morgan fingerprint density at radius 1 is 1.55 bits per heavy atom. The molecule has 0 fully saturated rings. The first-order chi connectivity index (χ1) is 5.34. The van der Waals surface area contributed by atoms with Crippen LogP contribution in [0.2, 0.25) is 0 Å². The molecule has 0 radical (unpaired) electrons.